The lowest BCUT2D eigenvalue weighted by molar-refractivity contribution is -0.0945. The molecular formula is C20H30IN3O3. The van der Waals surface area contributed by atoms with Crippen LogP contribution in [0.25, 0.3) is 11.0 Å². The first-order chi connectivity index (χ1) is 12.5. The van der Waals surface area contributed by atoms with E-state index in [2.05, 4.69) is 37.5 Å². The normalized spacial score (nSPS) is 17.0. The monoisotopic (exact) mass is 487 g/mol. The van der Waals surface area contributed by atoms with Crippen molar-refractivity contribution in [1.82, 2.24) is 10.6 Å². The number of benzene rings is 1. The third-order valence-corrected chi connectivity index (χ3v) is 4.47. The van der Waals surface area contributed by atoms with Gasteiger partial charge in [-0.25, -0.2) is 0 Å². The van der Waals surface area contributed by atoms with Crippen molar-refractivity contribution in [3.8, 4) is 5.75 Å². The molecule has 1 aliphatic rings. The Labute approximate surface area is 178 Å². The standard InChI is InChI=1S/C20H29N3O3.HI/c1-5-21-19(22-11-20(4)12-24-13-20)23-14(3)17-10-15-8-7-9-16(25-6-2)18(15)26-17;/h7-10,14H,5-6,11-13H2,1-4H3,(H2,21,22,23);1H. The molecule has 0 aliphatic carbocycles. The van der Waals surface area contributed by atoms with Crippen LogP contribution in [-0.4, -0.2) is 38.9 Å². The molecule has 1 aromatic carbocycles. The van der Waals surface area contributed by atoms with Crippen molar-refractivity contribution in [3.05, 3.63) is 30.0 Å². The molecule has 1 atom stereocenters. The molecule has 0 bridgehead atoms. The number of fused-ring (bicyclic) bond motifs is 1. The maximum atomic E-state index is 6.08. The maximum absolute atomic E-state index is 6.08. The average molecular weight is 487 g/mol. The fraction of sp³-hybridized carbons (Fsp3) is 0.550. The van der Waals surface area contributed by atoms with Gasteiger partial charge in [0.15, 0.2) is 17.3 Å². The number of rotatable bonds is 7. The largest absolute Gasteiger partial charge is 0.490 e. The Morgan fingerprint density at radius 3 is 2.74 bits per heavy atom. The van der Waals surface area contributed by atoms with Crippen LogP contribution >= 0.6 is 24.0 Å². The molecule has 1 fully saturated rings. The van der Waals surface area contributed by atoms with Gasteiger partial charge in [0.25, 0.3) is 0 Å². The number of furan rings is 1. The highest BCUT2D eigenvalue weighted by atomic mass is 127. The Morgan fingerprint density at radius 1 is 1.33 bits per heavy atom. The van der Waals surface area contributed by atoms with Crippen LogP contribution in [0.15, 0.2) is 33.7 Å². The van der Waals surface area contributed by atoms with Crippen molar-refractivity contribution in [2.45, 2.75) is 33.7 Å². The Kier molecular flexibility index (Phi) is 7.79. The van der Waals surface area contributed by atoms with Gasteiger partial charge in [-0.2, -0.15) is 0 Å². The van der Waals surface area contributed by atoms with Crippen LogP contribution in [0, 0.1) is 5.41 Å². The van der Waals surface area contributed by atoms with Crippen molar-refractivity contribution >= 4 is 40.9 Å². The Morgan fingerprint density at radius 2 is 2.11 bits per heavy atom. The number of para-hydroxylation sites is 1. The van der Waals surface area contributed by atoms with Crippen LogP contribution in [0.5, 0.6) is 5.75 Å². The van der Waals surface area contributed by atoms with E-state index in [1.165, 1.54) is 0 Å². The molecule has 0 amide bonds. The highest BCUT2D eigenvalue weighted by Gasteiger charge is 2.33. The second-order valence-electron chi connectivity index (χ2n) is 7.12. The van der Waals surface area contributed by atoms with Crippen LogP contribution in [0.3, 0.4) is 0 Å². The van der Waals surface area contributed by atoms with Crippen molar-refractivity contribution in [3.63, 3.8) is 0 Å². The van der Waals surface area contributed by atoms with Crippen LogP contribution in [0.2, 0.25) is 0 Å². The summed E-state index contributed by atoms with van der Waals surface area (Å²) in [7, 11) is 0. The number of aliphatic imine (C=N–C) groups is 1. The summed E-state index contributed by atoms with van der Waals surface area (Å²) in [5.41, 5.74) is 0.941. The summed E-state index contributed by atoms with van der Waals surface area (Å²) in [6.07, 6.45) is 0. The molecule has 150 valence electrons. The van der Waals surface area contributed by atoms with E-state index >= 15 is 0 Å². The molecule has 0 radical (unpaired) electrons. The van der Waals surface area contributed by atoms with E-state index < -0.39 is 0 Å². The first-order valence-corrected chi connectivity index (χ1v) is 9.32. The first kappa shape index (κ1) is 21.8. The minimum absolute atomic E-state index is 0. The predicted octanol–water partition coefficient (Wildman–Crippen LogP) is 4.10. The van der Waals surface area contributed by atoms with Crippen LogP contribution in [0.4, 0.5) is 0 Å². The summed E-state index contributed by atoms with van der Waals surface area (Å²) in [6, 6.07) is 8.00. The van der Waals surface area contributed by atoms with E-state index in [0.717, 1.165) is 54.7 Å². The minimum atomic E-state index is -0.0138. The molecule has 1 saturated heterocycles. The molecule has 2 N–H and O–H groups in total. The number of halogens is 1. The maximum Gasteiger partial charge on any atom is 0.191 e. The topological polar surface area (TPSA) is 68.0 Å². The fourth-order valence-electron chi connectivity index (χ4n) is 2.95. The van der Waals surface area contributed by atoms with Crippen molar-refractivity contribution in [2.75, 3.05) is 32.9 Å². The first-order valence-electron chi connectivity index (χ1n) is 9.32. The summed E-state index contributed by atoms with van der Waals surface area (Å²) in [4.78, 5) is 4.72. The summed E-state index contributed by atoms with van der Waals surface area (Å²) in [6.45, 7) is 12.0. The summed E-state index contributed by atoms with van der Waals surface area (Å²) in [5, 5.41) is 7.77. The second kappa shape index (κ2) is 9.64. The molecule has 3 rings (SSSR count). The smallest absolute Gasteiger partial charge is 0.191 e. The van der Waals surface area contributed by atoms with Gasteiger partial charge in [0, 0.05) is 17.3 Å². The lowest BCUT2D eigenvalue weighted by atomic mass is 9.89. The molecule has 2 aromatic rings. The van der Waals surface area contributed by atoms with Crippen LogP contribution in [-0.2, 0) is 4.74 Å². The number of ether oxygens (including phenoxy) is 2. The van der Waals surface area contributed by atoms with Crippen molar-refractivity contribution < 1.29 is 13.9 Å². The van der Waals surface area contributed by atoms with Gasteiger partial charge < -0.3 is 24.5 Å². The van der Waals surface area contributed by atoms with Gasteiger partial charge >= 0.3 is 0 Å². The SMILES string of the molecule is CCNC(=NCC1(C)COC1)NC(C)c1cc2cccc(OCC)c2o1.I. The van der Waals surface area contributed by atoms with Gasteiger partial charge in [-0.3, -0.25) is 4.99 Å². The number of hydrogen-bond donors (Lipinski definition) is 2. The lowest BCUT2D eigenvalue weighted by Crippen LogP contribution is -2.44. The van der Waals surface area contributed by atoms with E-state index in [0.29, 0.717) is 6.61 Å². The molecule has 0 spiro atoms. The van der Waals surface area contributed by atoms with E-state index in [-0.39, 0.29) is 35.4 Å². The summed E-state index contributed by atoms with van der Waals surface area (Å²) >= 11 is 0. The highest BCUT2D eigenvalue weighted by molar-refractivity contribution is 14.0. The average Bonchev–Trinajstić information content (AvgIpc) is 3.04. The van der Waals surface area contributed by atoms with Gasteiger partial charge in [-0.05, 0) is 32.9 Å². The van der Waals surface area contributed by atoms with Crippen molar-refractivity contribution in [2.24, 2.45) is 10.4 Å². The van der Waals surface area contributed by atoms with Gasteiger partial charge in [-0.15, -0.1) is 24.0 Å². The van der Waals surface area contributed by atoms with E-state index in [4.69, 9.17) is 18.9 Å². The summed E-state index contributed by atoms with van der Waals surface area (Å²) in [5.74, 6) is 2.43. The van der Waals surface area contributed by atoms with Crippen LogP contribution in [0.1, 0.15) is 39.5 Å². The fourth-order valence-corrected chi connectivity index (χ4v) is 2.95. The second-order valence-corrected chi connectivity index (χ2v) is 7.12. The number of hydrogen-bond acceptors (Lipinski definition) is 4. The van der Waals surface area contributed by atoms with Gasteiger partial charge in [0.2, 0.25) is 0 Å². The highest BCUT2D eigenvalue weighted by Crippen LogP contribution is 2.31. The number of nitrogens with zero attached hydrogens (tertiary/aromatic N) is 1. The lowest BCUT2D eigenvalue weighted by Gasteiger charge is -2.36. The molecule has 1 unspecified atom stereocenters. The van der Waals surface area contributed by atoms with E-state index in [1.807, 2.05) is 25.1 Å². The Balaban J connectivity index is 0.00000261. The third-order valence-electron chi connectivity index (χ3n) is 4.47. The van der Waals surface area contributed by atoms with Crippen LogP contribution < -0.4 is 15.4 Å². The van der Waals surface area contributed by atoms with Gasteiger partial charge in [-0.1, -0.05) is 19.1 Å². The molecule has 6 nitrogen and oxygen atoms in total. The van der Waals surface area contributed by atoms with Gasteiger partial charge in [0.05, 0.1) is 32.4 Å². The predicted molar refractivity (Wildman–Crippen MR) is 119 cm³/mol. The molecule has 1 aliphatic heterocycles. The molecule has 27 heavy (non-hydrogen) atoms. The number of nitrogens with one attached hydrogen (secondary N) is 2. The Hall–Kier alpha value is -1.48. The zero-order valence-electron chi connectivity index (χ0n) is 16.5. The molecule has 2 heterocycles. The van der Waals surface area contributed by atoms with Gasteiger partial charge in [0.1, 0.15) is 5.76 Å². The molecule has 0 saturated carbocycles. The molecule has 1 aromatic heterocycles. The number of guanidine groups is 1. The molecule has 7 heteroatoms. The Bertz CT molecular complexity index is 771. The summed E-state index contributed by atoms with van der Waals surface area (Å²) < 4.78 is 17.1. The zero-order valence-corrected chi connectivity index (χ0v) is 18.8. The minimum Gasteiger partial charge on any atom is -0.490 e. The third kappa shape index (κ3) is 5.28. The molecular weight excluding hydrogens is 457 g/mol. The zero-order chi connectivity index (χ0) is 18.6. The van der Waals surface area contributed by atoms with Crippen molar-refractivity contribution in [1.29, 1.82) is 0 Å². The van der Waals surface area contributed by atoms with E-state index in [1.54, 1.807) is 0 Å². The van der Waals surface area contributed by atoms with E-state index in [9.17, 15) is 0 Å². The quantitative estimate of drug-likeness (QED) is 0.350.